The summed E-state index contributed by atoms with van der Waals surface area (Å²) in [4.78, 5) is 23.4. The molecule has 3 unspecified atom stereocenters. The molecular formula is C30H33F7NO5PS. The Bertz CT molecular complexity index is 1540. The second-order valence-corrected chi connectivity index (χ2v) is 15.2. The van der Waals surface area contributed by atoms with Crippen LogP contribution < -0.4 is 5.30 Å². The van der Waals surface area contributed by atoms with Crippen molar-refractivity contribution in [2.45, 2.75) is 79.0 Å². The standard InChI is InChI=1S/C29H31F7NO3PS.CH2O2/c1-25(2)22-14-18(27(30,28(31,32)33)29(34,35)36)8-13-21(22)26(42(39,40)20-11-9-19(41)10-12-20)16-37(15-23(25)26)24(38)17-6-4-3-5-7-17;2-1-3/h8-14,17,23H,3-7,15-16,41H2,1-2H3;1H,(H,2,3). The van der Waals surface area contributed by atoms with E-state index in [0.717, 1.165) is 25.3 Å². The maximum Gasteiger partial charge on any atom is 0.435 e. The Labute approximate surface area is 258 Å². The van der Waals surface area contributed by atoms with Crippen LogP contribution in [-0.4, -0.2) is 56.2 Å². The Morgan fingerprint density at radius 3 is 1.98 bits per heavy atom. The maximum atomic E-state index is 15.1. The van der Waals surface area contributed by atoms with E-state index in [1.165, 1.54) is 30.9 Å². The lowest BCUT2D eigenvalue weighted by atomic mass is 9.76. The number of carboxylic acid groups (broad SMARTS) is 1. The molecule has 15 heteroatoms. The van der Waals surface area contributed by atoms with E-state index in [2.05, 4.69) is 9.24 Å². The molecule has 2 fully saturated rings. The molecule has 0 spiro atoms. The predicted octanol–water partition coefficient (Wildman–Crippen LogP) is 6.18. The molecule has 1 amide bonds. The number of carbonyl (C=O) groups is 2. The zero-order chi connectivity index (χ0) is 33.8. The number of hydrogen-bond donors (Lipinski definition) is 1. The van der Waals surface area contributed by atoms with E-state index in [4.69, 9.17) is 9.90 Å². The minimum absolute atomic E-state index is 0.0122. The monoisotopic (exact) mass is 683 g/mol. The van der Waals surface area contributed by atoms with Crippen molar-refractivity contribution in [1.82, 2.24) is 4.90 Å². The fourth-order valence-corrected chi connectivity index (χ4v) is 9.94. The number of likely N-dealkylation sites (tertiary alicyclic amines) is 1. The first kappa shape index (κ1) is 35.1. The molecule has 6 nitrogen and oxygen atoms in total. The largest absolute Gasteiger partial charge is 0.483 e. The third-order valence-electron chi connectivity index (χ3n) is 9.55. The van der Waals surface area contributed by atoms with Crippen LogP contribution in [-0.2, 0) is 35.3 Å². The minimum atomic E-state index is -6.31. The van der Waals surface area contributed by atoms with E-state index in [-0.39, 0.29) is 47.4 Å². The molecule has 0 aromatic heterocycles. The highest BCUT2D eigenvalue weighted by Crippen LogP contribution is 2.63. The molecule has 5 rings (SSSR count). The van der Waals surface area contributed by atoms with Gasteiger partial charge in [-0.1, -0.05) is 63.4 Å². The molecule has 3 aliphatic rings. The van der Waals surface area contributed by atoms with Gasteiger partial charge in [0.15, 0.2) is 9.84 Å². The van der Waals surface area contributed by atoms with Crippen LogP contribution in [0.4, 0.5) is 30.7 Å². The summed E-state index contributed by atoms with van der Waals surface area (Å²) in [5.41, 5.74) is -8.78. The van der Waals surface area contributed by atoms with E-state index in [9.17, 15) is 39.6 Å². The van der Waals surface area contributed by atoms with Crippen LogP contribution in [0.1, 0.15) is 62.6 Å². The van der Waals surface area contributed by atoms with Gasteiger partial charge in [-0.3, -0.25) is 9.59 Å². The molecule has 1 saturated carbocycles. The van der Waals surface area contributed by atoms with Gasteiger partial charge in [0.05, 0.1) is 4.90 Å². The third-order valence-corrected chi connectivity index (χ3v) is 12.4. The third kappa shape index (κ3) is 5.43. The molecule has 1 heterocycles. The second kappa shape index (κ2) is 11.8. The van der Waals surface area contributed by atoms with Crippen LogP contribution in [0.3, 0.4) is 0 Å². The van der Waals surface area contributed by atoms with Gasteiger partial charge < -0.3 is 10.0 Å². The van der Waals surface area contributed by atoms with Crippen molar-refractivity contribution in [1.29, 1.82) is 0 Å². The zero-order valence-corrected chi connectivity index (χ0v) is 26.4. The summed E-state index contributed by atoms with van der Waals surface area (Å²) in [7, 11) is -1.96. The second-order valence-electron chi connectivity index (χ2n) is 12.3. The van der Waals surface area contributed by atoms with Crippen LogP contribution in [0.2, 0.25) is 0 Å². The zero-order valence-electron chi connectivity index (χ0n) is 24.4. The SMILES string of the molecule is CC1(C)c2cc(C(F)(C(F)(F)F)C(F)(F)F)ccc2C2(S(=O)(=O)c3ccc(P)cc3)CN(C(=O)C3CCCCC3)CC12.O=CO. The first-order chi connectivity index (χ1) is 20.7. The average Bonchev–Trinajstić information content (AvgIpc) is 3.46. The molecule has 1 aliphatic heterocycles. The number of benzene rings is 2. The van der Waals surface area contributed by atoms with E-state index in [1.807, 2.05) is 0 Å². The molecule has 1 N–H and O–H groups in total. The molecule has 3 atom stereocenters. The average molecular weight is 684 g/mol. The number of alkyl halides is 7. The van der Waals surface area contributed by atoms with E-state index in [0.29, 0.717) is 30.3 Å². The lowest BCUT2D eigenvalue weighted by Crippen LogP contribution is -2.50. The van der Waals surface area contributed by atoms with Gasteiger partial charge in [0, 0.05) is 30.5 Å². The Balaban J connectivity index is 0.00000148. The minimum Gasteiger partial charge on any atom is -0.483 e. The van der Waals surface area contributed by atoms with Crippen molar-refractivity contribution < 1.29 is 53.8 Å². The molecule has 248 valence electrons. The van der Waals surface area contributed by atoms with Gasteiger partial charge in [-0.2, -0.15) is 26.3 Å². The quantitative estimate of drug-likeness (QED) is 0.236. The lowest BCUT2D eigenvalue weighted by Gasteiger charge is -2.33. The van der Waals surface area contributed by atoms with Gasteiger partial charge in [-0.25, -0.2) is 12.8 Å². The number of amides is 1. The fourth-order valence-electron chi connectivity index (χ4n) is 7.30. The van der Waals surface area contributed by atoms with Crippen molar-refractivity contribution in [2.24, 2.45) is 11.8 Å². The predicted molar refractivity (Wildman–Crippen MR) is 154 cm³/mol. The van der Waals surface area contributed by atoms with Crippen molar-refractivity contribution in [3.05, 3.63) is 59.2 Å². The molecular weight excluding hydrogens is 650 g/mol. The summed E-state index contributed by atoms with van der Waals surface area (Å²) in [5, 5.41) is 7.58. The van der Waals surface area contributed by atoms with Crippen molar-refractivity contribution in [2.75, 3.05) is 13.1 Å². The first-order valence-electron chi connectivity index (χ1n) is 14.2. The number of halogens is 7. The van der Waals surface area contributed by atoms with Gasteiger partial charge in [-0.05, 0) is 46.8 Å². The van der Waals surface area contributed by atoms with Gasteiger partial charge in [0.25, 0.3) is 6.47 Å². The normalized spacial score (nSPS) is 23.5. The molecule has 0 bridgehead atoms. The number of sulfone groups is 1. The molecule has 0 radical (unpaired) electrons. The Morgan fingerprint density at radius 2 is 1.47 bits per heavy atom. The van der Waals surface area contributed by atoms with Gasteiger partial charge in [0.2, 0.25) is 5.91 Å². The number of carbonyl (C=O) groups excluding carboxylic acids is 1. The van der Waals surface area contributed by atoms with Gasteiger partial charge in [-0.15, -0.1) is 9.24 Å². The number of hydrogen-bond acceptors (Lipinski definition) is 4. The van der Waals surface area contributed by atoms with E-state index < -0.39 is 49.5 Å². The Hall–Kier alpha value is -2.73. The first-order valence-corrected chi connectivity index (χ1v) is 16.2. The summed E-state index contributed by atoms with van der Waals surface area (Å²) in [6.45, 7) is 2.43. The summed E-state index contributed by atoms with van der Waals surface area (Å²) in [6, 6.07) is 7.66. The number of fused-ring (bicyclic) bond motifs is 3. The number of rotatable bonds is 4. The summed E-state index contributed by atoms with van der Waals surface area (Å²) in [5.74, 6) is -1.41. The number of nitrogens with zero attached hydrogens (tertiary/aromatic N) is 1. The molecule has 45 heavy (non-hydrogen) atoms. The maximum absolute atomic E-state index is 15.1. The Morgan fingerprint density at radius 1 is 0.933 bits per heavy atom. The van der Waals surface area contributed by atoms with Crippen molar-refractivity contribution >= 4 is 36.8 Å². The van der Waals surface area contributed by atoms with Gasteiger partial charge in [0.1, 0.15) is 4.75 Å². The highest BCUT2D eigenvalue weighted by Gasteiger charge is 2.74. The highest BCUT2D eigenvalue weighted by molar-refractivity contribution is 7.92. The molecule has 1 saturated heterocycles. The topological polar surface area (TPSA) is 91.8 Å². The van der Waals surface area contributed by atoms with Crippen LogP contribution in [0.15, 0.2) is 47.4 Å². The van der Waals surface area contributed by atoms with Crippen molar-refractivity contribution in [3.63, 3.8) is 0 Å². The fraction of sp³-hybridized carbons (Fsp3) is 0.533. The van der Waals surface area contributed by atoms with Crippen molar-refractivity contribution in [3.8, 4) is 0 Å². The van der Waals surface area contributed by atoms with Crippen LogP contribution in [0.25, 0.3) is 0 Å². The Kier molecular flexibility index (Phi) is 9.22. The van der Waals surface area contributed by atoms with Crippen LogP contribution in [0, 0.1) is 11.8 Å². The summed E-state index contributed by atoms with van der Waals surface area (Å²) >= 11 is 0. The molecule has 2 aromatic carbocycles. The van der Waals surface area contributed by atoms with E-state index >= 15 is 4.39 Å². The molecule has 2 aromatic rings. The summed E-state index contributed by atoms with van der Waals surface area (Å²) < 4.78 is 124. The molecule has 2 aliphatic carbocycles. The summed E-state index contributed by atoms with van der Waals surface area (Å²) in [6.07, 6.45) is -8.60. The van der Waals surface area contributed by atoms with Crippen LogP contribution in [0.5, 0.6) is 0 Å². The lowest BCUT2D eigenvalue weighted by molar-refractivity contribution is -0.348. The highest BCUT2D eigenvalue weighted by atomic mass is 32.2. The smallest absolute Gasteiger partial charge is 0.435 e. The van der Waals surface area contributed by atoms with Crippen LogP contribution >= 0.6 is 9.24 Å². The van der Waals surface area contributed by atoms with Gasteiger partial charge >= 0.3 is 18.0 Å². The van der Waals surface area contributed by atoms with E-state index in [1.54, 1.807) is 12.1 Å².